The average molecular weight is 449 g/mol. The predicted molar refractivity (Wildman–Crippen MR) is 122 cm³/mol. The molecule has 3 rings (SSSR count). The van der Waals surface area contributed by atoms with Gasteiger partial charge in [-0.05, 0) is 49.4 Å². The quantitative estimate of drug-likeness (QED) is 0.377. The molecule has 3 atom stereocenters. The number of fused-ring (bicyclic) bond motifs is 12. The van der Waals surface area contributed by atoms with Crippen molar-refractivity contribution >= 4 is 23.5 Å². The number of nitrogens with two attached hydrogens (primary N) is 1. The van der Waals surface area contributed by atoms with Crippen LogP contribution in [0.15, 0.2) is 24.3 Å². The summed E-state index contributed by atoms with van der Waals surface area (Å²) in [6.45, 7) is 4.96. The van der Waals surface area contributed by atoms with Crippen molar-refractivity contribution < 1.29 is 24.2 Å². The van der Waals surface area contributed by atoms with Gasteiger partial charge in [-0.2, -0.15) is 0 Å². The van der Waals surface area contributed by atoms with Gasteiger partial charge in [-0.25, -0.2) is 0 Å². The number of ether oxygens (including phenoxy) is 1. The number of rotatable bonds is 8. The molecule has 2 heterocycles. The molecule has 6 N–H and O–H groups in total. The summed E-state index contributed by atoms with van der Waals surface area (Å²) in [5, 5.41) is 18.6. The molecule has 0 unspecified atom stereocenters. The Morgan fingerprint density at radius 1 is 1.25 bits per heavy atom. The lowest BCUT2D eigenvalue weighted by molar-refractivity contribution is -0.140. The van der Waals surface area contributed by atoms with E-state index in [-0.39, 0.29) is 43.4 Å². The number of amides is 2. The Bertz CT molecular complexity index is 753. The fourth-order valence-electron chi connectivity index (χ4n) is 3.48. The Labute approximate surface area is 189 Å². The number of carboxylic acid groups (broad SMARTS) is 1. The molecule has 32 heavy (non-hydrogen) atoms. The van der Waals surface area contributed by atoms with Crippen molar-refractivity contribution in [3.63, 3.8) is 0 Å². The van der Waals surface area contributed by atoms with Crippen LogP contribution in [0.5, 0.6) is 0 Å². The van der Waals surface area contributed by atoms with Crippen LogP contribution in [0.2, 0.25) is 0 Å². The molecular formula is C23H36N4O5. The molecule has 0 spiro atoms. The number of carbonyl (C=O) groups is 3. The third kappa shape index (κ3) is 8.57. The predicted octanol–water partition coefficient (Wildman–Crippen LogP) is 1.27. The first-order chi connectivity index (χ1) is 15.3. The number of benzene rings is 1. The van der Waals surface area contributed by atoms with Crippen molar-refractivity contribution in [1.29, 1.82) is 0 Å². The van der Waals surface area contributed by atoms with Crippen molar-refractivity contribution in [2.24, 2.45) is 11.7 Å². The number of aliphatic carboxylic acids is 1. The lowest BCUT2D eigenvalue weighted by Gasteiger charge is -2.27. The van der Waals surface area contributed by atoms with Crippen molar-refractivity contribution in [1.82, 2.24) is 10.6 Å². The van der Waals surface area contributed by atoms with Gasteiger partial charge in [0.1, 0.15) is 6.04 Å². The van der Waals surface area contributed by atoms with E-state index in [9.17, 15) is 19.5 Å². The summed E-state index contributed by atoms with van der Waals surface area (Å²) in [4.78, 5) is 37.1. The maximum absolute atomic E-state index is 13.2. The van der Waals surface area contributed by atoms with E-state index in [1.165, 1.54) is 0 Å². The number of anilines is 1. The van der Waals surface area contributed by atoms with E-state index < -0.39 is 18.1 Å². The van der Waals surface area contributed by atoms with E-state index in [2.05, 4.69) is 16.0 Å². The zero-order valence-corrected chi connectivity index (χ0v) is 18.9. The van der Waals surface area contributed by atoms with Gasteiger partial charge in [-0.15, -0.1) is 0 Å². The van der Waals surface area contributed by atoms with E-state index in [0.29, 0.717) is 31.5 Å². The largest absolute Gasteiger partial charge is 0.480 e. The van der Waals surface area contributed by atoms with Gasteiger partial charge in [-0.1, -0.05) is 32.4 Å². The highest BCUT2D eigenvalue weighted by Crippen LogP contribution is 2.14. The van der Waals surface area contributed by atoms with Crippen molar-refractivity contribution in [2.75, 3.05) is 25.1 Å². The molecular weight excluding hydrogens is 412 g/mol. The molecule has 0 saturated heterocycles. The van der Waals surface area contributed by atoms with Crippen LogP contribution >= 0.6 is 0 Å². The van der Waals surface area contributed by atoms with E-state index in [1.807, 2.05) is 26.0 Å². The molecule has 0 aromatic heterocycles. The van der Waals surface area contributed by atoms with Crippen LogP contribution in [-0.4, -0.2) is 60.8 Å². The summed E-state index contributed by atoms with van der Waals surface area (Å²) in [5.41, 5.74) is 7.05. The van der Waals surface area contributed by atoms with Gasteiger partial charge >= 0.3 is 5.97 Å². The molecule has 9 heteroatoms. The maximum Gasteiger partial charge on any atom is 0.320 e. The number of carbonyl (C=O) groups excluding carboxylic acids is 2. The Kier molecular flexibility index (Phi) is 10.6. The fraction of sp³-hybridized carbons (Fsp3) is 0.609. The SMILES string of the molecule is CC(C)[C@H]1COCCC(=O)Nc2ccc(cc2)C[C@@H](N[C@@H](CCCCN)C(=O)O)C(=O)N1. The smallest absolute Gasteiger partial charge is 0.320 e. The third-order valence-electron chi connectivity index (χ3n) is 5.54. The van der Waals surface area contributed by atoms with E-state index in [0.717, 1.165) is 12.0 Å². The second-order valence-electron chi connectivity index (χ2n) is 8.53. The van der Waals surface area contributed by atoms with Gasteiger partial charge in [-0.3, -0.25) is 19.7 Å². The second-order valence-corrected chi connectivity index (χ2v) is 8.53. The molecule has 2 amide bonds. The molecule has 0 saturated carbocycles. The highest BCUT2D eigenvalue weighted by Gasteiger charge is 2.28. The molecule has 0 fully saturated rings. The van der Waals surface area contributed by atoms with Crippen LogP contribution in [0.25, 0.3) is 0 Å². The normalized spacial score (nSPS) is 21.4. The van der Waals surface area contributed by atoms with Crippen molar-refractivity contribution in [2.45, 2.75) is 64.1 Å². The first kappa shape index (κ1) is 25.8. The van der Waals surface area contributed by atoms with Crippen LogP contribution < -0.4 is 21.7 Å². The zero-order valence-electron chi connectivity index (χ0n) is 18.9. The molecule has 178 valence electrons. The fourth-order valence-corrected chi connectivity index (χ4v) is 3.48. The van der Waals surface area contributed by atoms with Crippen LogP contribution in [0, 0.1) is 5.92 Å². The summed E-state index contributed by atoms with van der Waals surface area (Å²) >= 11 is 0. The first-order valence-electron chi connectivity index (χ1n) is 11.3. The molecule has 1 aromatic rings. The molecule has 9 nitrogen and oxygen atoms in total. The summed E-state index contributed by atoms with van der Waals surface area (Å²) in [6, 6.07) is 5.36. The number of hydrogen-bond donors (Lipinski definition) is 5. The van der Waals surface area contributed by atoms with Gasteiger partial charge in [0.25, 0.3) is 0 Å². The lowest BCUT2D eigenvalue weighted by Crippen LogP contribution is -2.55. The minimum absolute atomic E-state index is 0.0998. The maximum atomic E-state index is 13.2. The van der Waals surface area contributed by atoms with Gasteiger partial charge in [0.05, 0.1) is 31.7 Å². The monoisotopic (exact) mass is 448 g/mol. The highest BCUT2D eigenvalue weighted by atomic mass is 16.5. The molecule has 1 aromatic carbocycles. The first-order valence-corrected chi connectivity index (χ1v) is 11.3. The summed E-state index contributed by atoms with van der Waals surface area (Å²) in [5.74, 6) is -1.31. The second kappa shape index (κ2) is 13.1. The van der Waals surface area contributed by atoms with E-state index in [4.69, 9.17) is 10.5 Å². The third-order valence-corrected chi connectivity index (χ3v) is 5.54. The molecule has 2 aliphatic heterocycles. The molecule has 0 radical (unpaired) electrons. The number of hydrogen-bond acceptors (Lipinski definition) is 6. The Morgan fingerprint density at radius 2 is 1.97 bits per heavy atom. The van der Waals surface area contributed by atoms with Gasteiger partial charge in [0.15, 0.2) is 0 Å². The zero-order chi connectivity index (χ0) is 23.5. The molecule has 2 bridgehead atoms. The lowest BCUT2D eigenvalue weighted by atomic mass is 10.00. The van der Waals surface area contributed by atoms with Crippen molar-refractivity contribution in [3.8, 4) is 0 Å². The summed E-state index contributed by atoms with van der Waals surface area (Å²) in [6.07, 6.45) is 2.30. The van der Waals surface area contributed by atoms with Crippen LogP contribution in [0.4, 0.5) is 5.69 Å². The van der Waals surface area contributed by atoms with Gasteiger partial charge < -0.3 is 26.2 Å². The standard InChI is InChI=1S/C23H36N4O5/c1-15(2)20-14-32-12-10-21(28)25-17-8-6-16(7-9-17)13-19(22(29)27-20)26-18(23(30)31)5-3-4-11-24/h6-9,15,18-20,26H,3-5,10-14,24H2,1-2H3,(H,25,28)(H,27,29)(H,30,31)/t18-,19+,20+/m0/s1. The average Bonchev–Trinajstić information content (AvgIpc) is 2.75. The number of carboxylic acids is 1. The van der Waals surface area contributed by atoms with E-state index >= 15 is 0 Å². The minimum Gasteiger partial charge on any atom is -0.480 e. The summed E-state index contributed by atoms with van der Waals surface area (Å²) in [7, 11) is 0. The molecule has 2 aliphatic rings. The minimum atomic E-state index is -0.993. The number of nitrogens with one attached hydrogen (secondary N) is 3. The Hall–Kier alpha value is -2.49. The Morgan fingerprint density at radius 3 is 2.59 bits per heavy atom. The molecule has 0 aliphatic carbocycles. The Balaban J connectivity index is 2.26. The highest BCUT2D eigenvalue weighted by molar-refractivity contribution is 5.90. The van der Waals surface area contributed by atoms with E-state index in [1.54, 1.807) is 12.1 Å². The van der Waals surface area contributed by atoms with Crippen LogP contribution in [-0.2, 0) is 25.5 Å². The van der Waals surface area contributed by atoms with Crippen LogP contribution in [0.3, 0.4) is 0 Å². The van der Waals surface area contributed by atoms with Gasteiger partial charge in [0, 0.05) is 5.69 Å². The topological polar surface area (TPSA) is 143 Å². The van der Waals surface area contributed by atoms with Crippen LogP contribution in [0.1, 0.15) is 45.1 Å². The number of unbranched alkanes of at least 4 members (excludes halogenated alkanes) is 1. The van der Waals surface area contributed by atoms with Crippen molar-refractivity contribution in [3.05, 3.63) is 29.8 Å². The van der Waals surface area contributed by atoms with Gasteiger partial charge in [0.2, 0.25) is 11.8 Å². The summed E-state index contributed by atoms with van der Waals surface area (Å²) < 4.78 is 5.65.